The Labute approximate surface area is 102 Å². The molecule has 0 saturated carbocycles. The van der Waals surface area contributed by atoms with Gasteiger partial charge in [-0.1, -0.05) is 0 Å². The largest absolute Gasteiger partial charge is 0.269 e. The van der Waals surface area contributed by atoms with Crippen LogP contribution in [-0.4, -0.2) is 20.1 Å². The van der Waals surface area contributed by atoms with Crippen LogP contribution in [0.4, 0.5) is 5.69 Å². The number of rotatable bonds is 3. The van der Waals surface area contributed by atoms with E-state index in [0.29, 0.717) is 5.56 Å². The number of nitro benzene ring substituents is 1. The van der Waals surface area contributed by atoms with Gasteiger partial charge in [-0.3, -0.25) is 10.1 Å². The Morgan fingerprint density at radius 1 is 1.29 bits per heavy atom. The van der Waals surface area contributed by atoms with Crippen molar-refractivity contribution in [3.63, 3.8) is 0 Å². The Morgan fingerprint density at radius 2 is 1.82 bits per heavy atom. The molecule has 0 heterocycles. The first-order valence-corrected chi connectivity index (χ1v) is 6.12. The van der Waals surface area contributed by atoms with E-state index in [-0.39, 0.29) is 5.69 Å². The molecule has 0 aliphatic rings. The van der Waals surface area contributed by atoms with Gasteiger partial charge in [-0.2, -0.15) is 4.40 Å². The lowest BCUT2D eigenvalue weighted by Crippen LogP contribution is -2.19. The van der Waals surface area contributed by atoms with Crippen LogP contribution in [0.1, 0.15) is 26.3 Å². The van der Waals surface area contributed by atoms with Gasteiger partial charge in [0, 0.05) is 18.3 Å². The molecule has 17 heavy (non-hydrogen) atoms. The SMILES string of the molecule is CC(C)(C)[S@](=O)/N=C/c1ccc([N+](=O)[O-])cc1. The number of hydrogen-bond acceptors (Lipinski definition) is 3. The van der Waals surface area contributed by atoms with E-state index < -0.39 is 20.7 Å². The molecule has 0 aliphatic heterocycles. The van der Waals surface area contributed by atoms with Gasteiger partial charge in [-0.15, -0.1) is 0 Å². The highest BCUT2D eigenvalue weighted by Gasteiger charge is 2.18. The first-order chi connectivity index (χ1) is 7.80. The van der Waals surface area contributed by atoms with Crippen LogP contribution in [0.15, 0.2) is 28.7 Å². The molecule has 0 spiro atoms. The molecule has 0 amide bonds. The maximum Gasteiger partial charge on any atom is 0.269 e. The molecule has 6 heteroatoms. The molecule has 1 rings (SSSR count). The summed E-state index contributed by atoms with van der Waals surface area (Å²) in [5, 5.41) is 10.4. The third kappa shape index (κ3) is 4.07. The van der Waals surface area contributed by atoms with Crippen molar-refractivity contribution in [2.75, 3.05) is 0 Å². The van der Waals surface area contributed by atoms with E-state index in [1.807, 2.05) is 20.8 Å². The number of benzene rings is 1. The van der Waals surface area contributed by atoms with E-state index in [4.69, 9.17) is 0 Å². The zero-order valence-corrected chi connectivity index (χ0v) is 10.7. The standard InChI is InChI=1S/C11H14N2O3S/c1-11(2,3)17(16)12-8-9-4-6-10(7-5-9)13(14)15/h4-8H,1-3H3/b12-8+/t17-/m0/s1. The van der Waals surface area contributed by atoms with E-state index in [9.17, 15) is 14.3 Å². The maximum absolute atomic E-state index is 11.6. The molecule has 0 aliphatic carbocycles. The minimum atomic E-state index is -1.32. The number of non-ortho nitro benzene ring substituents is 1. The van der Waals surface area contributed by atoms with Crippen molar-refractivity contribution in [1.82, 2.24) is 0 Å². The fraction of sp³-hybridized carbons (Fsp3) is 0.364. The molecule has 1 aromatic rings. The minimum absolute atomic E-state index is 0.0269. The van der Waals surface area contributed by atoms with E-state index in [2.05, 4.69) is 4.40 Å². The molecule has 0 radical (unpaired) electrons. The summed E-state index contributed by atoms with van der Waals surface area (Å²) >= 11 is 0. The smallest absolute Gasteiger partial charge is 0.258 e. The van der Waals surface area contributed by atoms with Crippen molar-refractivity contribution >= 4 is 22.9 Å². The van der Waals surface area contributed by atoms with Gasteiger partial charge in [0.25, 0.3) is 5.69 Å². The minimum Gasteiger partial charge on any atom is -0.258 e. The van der Waals surface area contributed by atoms with E-state index in [1.165, 1.54) is 18.3 Å². The third-order valence-corrected chi connectivity index (χ3v) is 3.27. The van der Waals surface area contributed by atoms with Crippen LogP contribution >= 0.6 is 0 Å². The highest BCUT2D eigenvalue weighted by Crippen LogP contribution is 2.13. The van der Waals surface area contributed by atoms with Gasteiger partial charge in [0.1, 0.15) is 11.0 Å². The van der Waals surface area contributed by atoms with Gasteiger partial charge >= 0.3 is 0 Å². The Morgan fingerprint density at radius 3 is 2.24 bits per heavy atom. The van der Waals surface area contributed by atoms with Gasteiger partial charge in [0.15, 0.2) is 0 Å². The molecule has 0 unspecified atom stereocenters. The second-order valence-electron chi connectivity index (χ2n) is 4.44. The molecule has 1 atom stereocenters. The monoisotopic (exact) mass is 254 g/mol. The van der Waals surface area contributed by atoms with Gasteiger partial charge in [0.2, 0.25) is 0 Å². The van der Waals surface area contributed by atoms with Crippen LogP contribution in [0.2, 0.25) is 0 Å². The summed E-state index contributed by atoms with van der Waals surface area (Å²) < 4.78 is 15.1. The van der Waals surface area contributed by atoms with E-state index in [1.54, 1.807) is 12.1 Å². The quantitative estimate of drug-likeness (QED) is 0.472. The lowest BCUT2D eigenvalue weighted by atomic mass is 10.2. The summed E-state index contributed by atoms with van der Waals surface area (Å²) in [7, 11) is -1.32. The molecule has 0 N–H and O–H groups in total. The Hall–Kier alpha value is -1.56. The summed E-state index contributed by atoms with van der Waals surface area (Å²) in [4.78, 5) is 9.97. The summed E-state index contributed by atoms with van der Waals surface area (Å²) in [6.45, 7) is 5.49. The van der Waals surface area contributed by atoms with Crippen LogP contribution in [0.3, 0.4) is 0 Å². The van der Waals surface area contributed by atoms with Crippen LogP contribution < -0.4 is 0 Å². The summed E-state index contributed by atoms with van der Waals surface area (Å²) in [5.41, 5.74) is 0.715. The van der Waals surface area contributed by atoms with Crippen molar-refractivity contribution in [2.45, 2.75) is 25.5 Å². The number of nitro groups is 1. The summed E-state index contributed by atoms with van der Waals surface area (Å²) in [5.74, 6) is 0. The Balaban J connectivity index is 2.80. The average Bonchev–Trinajstić information content (AvgIpc) is 2.25. The summed E-state index contributed by atoms with van der Waals surface area (Å²) in [6.07, 6.45) is 1.46. The highest BCUT2D eigenvalue weighted by atomic mass is 32.2. The zero-order valence-electron chi connectivity index (χ0n) is 9.91. The second kappa shape index (κ2) is 5.18. The van der Waals surface area contributed by atoms with Crippen LogP contribution in [0, 0.1) is 10.1 Å². The topological polar surface area (TPSA) is 72.6 Å². The van der Waals surface area contributed by atoms with E-state index >= 15 is 0 Å². The van der Waals surface area contributed by atoms with Gasteiger partial charge in [-0.25, -0.2) is 4.21 Å². The van der Waals surface area contributed by atoms with Crippen molar-refractivity contribution in [3.05, 3.63) is 39.9 Å². The molecule has 5 nitrogen and oxygen atoms in total. The molecule has 1 aromatic carbocycles. The maximum atomic E-state index is 11.6. The van der Waals surface area contributed by atoms with Gasteiger partial charge in [0.05, 0.1) is 9.67 Å². The number of nitrogens with zero attached hydrogens (tertiary/aromatic N) is 2. The molecule has 92 valence electrons. The lowest BCUT2D eigenvalue weighted by Gasteiger charge is -2.12. The molecule has 0 aromatic heterocycles. The summed E-state index contributed by atoms with van der Waals surface area (Å²) in [6, 6.07) is 5.92. The normalized spacial score (nSPS) is 13.8. The average molecular weight is 254 g/mol. The fourth-order valence-corrected chi connectivity index (χ4v) is 1.48. The molecule has 0 bridgehead atoms. The second-order valence-corrected chi connectivity index (χ2v) is 6.38. The van der Waals surface area contributed by atoms with Crippen LogP contribution in [0.5, 0.6) is 0 Å². The van der Waals surface area contributed by atoms with Crippen LogP contribution in [-0.2, 0) is 11.0 Å². The Bertz CT molecular complexity index is 461. The fourth-order valence-electron chi connectivity index (χ4n) is 0.949. The first-order valence-electron chi connectivity index (χ1n) is 5.01. The zero-order chi connectivity index (χ0) is 13.1. The third-order valence-electron chi connectivity index (χ3n) is 1.93. The molecule has 0 saturated heterocycles. The van der Waals surface area contributed by atoms with Crippen molar-refractivity contribution in [3.8, 4) is 0 Å². The molecule has 0 fully saturated rings. The van der Waals surface area contributed by atoms with Crippen molar-refractivity contribution in [2.24, 2.45) is 4.40 Å². The predicted octanol–water partition coefficient (Wildman–Crippen LogP) is 2.48. The lowest BCUT2D eigenvalue weighted by molar-refractivity contribution is -0.384. The molecular formula is C11H14N2O3S. The van der Waals surface area contributed by atoms with Gasteiger partial charge in [-0.05, 0) is 38.5 Å². The number of hydrogen-bond donors (Lipinski definition) is 0. The first kappa shape index (κ1) is 13.5. The van der Waals surface area contributed by atoms with Gasteiger partial charge < -0.3 is 0 Å². The van der Waals surface area contributed by atoms with Crippen molar-refractivity contribution in [1.29, 1.82) is 0 Å². The predicted molar refractivity (Wildman–Crippen MR) is 68.6 cm³/mol. The van der Waals surface area contributed by atoms with E-state index in [0.717, 1.165) is 0 Å². The van der Waals surface area contributed by atoms with Crippen molar-refractivity contribution < 1.29 is 9.13 Å². The van der Waals surface area contributed by atoms with Crippen LogP contribution in [0.25, 0.3) is 0 Å². The highest BCUT2D eigenvalue weighted by molar-refractivity contribution is 7.85. The molecular weight excluding hydrogens is 240 g/mol. The Kier molecular flexibility index (Phi) is 4.11.